The van der Waals surface area contributed by atoms with Crippen LogP contribution < -0.4 is 30.1 Å². The largest absolute Gasteiger partial charge is 3.00 e. The summed E-state index contributed by atoms with van der Waals surface area (Å²) in [7, 11) is -1.27. The first-order chi connectivity index (χ1) is 7.38. The molecule has 107 valence electrons. The van der Waals surface area contributed by atoms with E-state index in [9.17, 15) is 0 Å². The predicted octanol–water partition coefficient (Wildman–Crippen LogP) is -3.68. The van der Waals surface area contributed by atoms with Gasteiger partial charge in [-0.15, -0.1) is 0 Å². The van der Waals surface area contributed by atoms with Crippen molar-refractivity contribution in [1.29, 1.82) is 0 Å². The number of allylic oxidation sites excluding steroid dienone is 3. The van der Waals surface area contributed by atoms with Crippen LogP contribution >= 0.6 is 0 Å². The van der Waals surface area contributed by atoms with Crippen LogP contribution in [0, 0.1) is 6.08 Å². The number of fused-ring (bicyclic) bond motifs is 1. The average Bonchev–Trinajstić information content (AvgIpc) is 2.53. The average molecular weight is 399 g/mol. The molecule has 6 heteroatoms. The quantitative estimate of drug-likeness (QED) is 0.378. The third-order valence-electron chi connectivity index (χ3n) is 3.40. The van der Waals surface area contributed by atoms with Gasteiger partial charge in [0.15, 0.2) is 0 Å². The molecule has 1 atom stereocenters. The van der Waals surface area contributed by atoms with Gasteiger partial charge in [0.1, 0.15) is 0 Å². The minimum Gasteiger partial charge on any atom is -1.00 e. The molecule has 0 aromatic carbocycles. The second kappa shape index (κ2) is 7.79. The number of hydrogen-bond donors (Lipinski definition) is 2. The van der Waals surface area contributed by atoms with Gasteiger partial charge in [-0.1, -0.05) is 24.7 Å². The Kier molecular flexibility index (Phi) is 9.11. The van der Waals surface area contributed by atoms with E-state index in [4.69, 9.17) is 5.11 Å². The summed E-state index contributed by atoms with van der Waals surface area (Å²) in [5.41, 5.74) is 1.56. The van der Waals surface area contributed by atoms with Gasteiger partial charge in [-0.3, -0.25) is 6.08 Å². The standard InChI is InChI=1S/C13H22NOSi.2ClH.Zr/c1-13(2,3)14-10-6-7-11-12(10)16(11,4)9-5-8-15;;;/h14-15H,5-6,8-9H2,1-4H3;2*1H;/q-1;;;+3/p-2. The number of aliphatic hydroxyl groups excluding tert-OH is 1. The van der Waals surface area contributed by atoms with Crippen molar-refractivity contribution in [3.8, 4) is 0 Å². The summed E-state index contributed by atoms with van der Waals surface area (Å²) >= 11 is 0. The zero-order valence-corrected chi connectivity index (χ0v) is 17.0. The summed E-state index contributed by atoms with van der Waals surface area (Å²) < 4.78 is 0. The molecule has 2 rings (SSSR count). The molecule has 1 saturated heterocycles. The summed E-state index contributed by atoms with van der Waals surface area (Å²) in [5, 5.41) is 15.7. The van der Waals surface area contributed by atoms with Gasteiger partial charge in [0.05, 0.1) is 0 Å². The zero-order valence-electron chi connectivity index (χ0n) is 12.0. The Bertz CT molecular complexity index is 379. The Morgan fingerprint density at radius 2 is 1.89 bits per heavy atom. The molecular formula is C13H22Cl2NOSiZr. The van der Waals surface area contributed by atoms with Crippen LogP contribution in [-0.4, -0.2) is 25.3 Å². The van der Waals surface area contributed by atoms with Crippen LogP contribution in [-0.2, 0) is 26.2 Å². The van der Waals surface area contributed by atoms with Gasteiger partial charge in [0.2, 0.25) is 0 Å². The number of aliphatic hydroxyl groups is 1. The Balaban J connectivity index is 0. The number of hydrogen-bond acceptors (Lipinski definition) is 2. The fraction of sp³-hybridized carbons (Fsp3) is 0.692. The molecular weight excluding hydrogens is 376 g/mol. The molecule has 2 aliphatic rings. The van der Waals surface area contributed by atoms with E-state index in [-0.39, 0.29) is 56.6 Å². The van der Waals surface area contributed by atoms with Crippen LogP contribution in [0.3, 0.4) is 0 Å². The molecule has 0 aromatic rings. The van der Waals surface area contributed by atoms with E-state index >= 15 is 0 Å². The van der Waals surface area contributed by atoms with Gasteiger partial charge >= 0.3 is 26.2 Å². The predicted molar refractivity (Wildman–Crippen MR) is 69.4 cm³/mol. The second-order valence-corrected chi connectivity index (χ2v) is 10.3. The first kappa shape index (κ1) is 22.2. The van der Waals surface area contributed by atoms with Crippen molar-refractivity contribution in [2.45, 2.75) is 51.7 Å². The topological polar surface area (TPSA) is 32.3 Å². The smallest absolute Gasteiger partial charge is 1.00 e. The van der Waals surface area contributed by atoms with Crippen molar-refractivity contribution in [1.82, 2.24) is 5.32 Å². The van der Waals surface area contributed by atoms with Crippen molar-refractivity contribution in [3.63, 3.8) is 0 Å². The van der Waals surface area contributed by atoms with Crippen LogP contribution in [0.4, 0.5) is 0 Å². The monoisotopic (exact) mass is 396 g/mol. The van der Waals surface area contributed by atoms with E-state index in [1.807, 2.05) is 0 Å². The molecule has 1 aliphatic carbocycles. The Labute approximate surface area is 149 Å². The summed E-state index contributed by atoms with van der Waals surface area (Å²) in [6.07, 6.45) is 5.45. The van der Waals surface area contributed by atoms with Crippen molar-refractivity contribution in [2.24, 2.45) is 0 Å². The van der Waals surface area contributed by atoms with E-state index in [2.05, 4.69) is 38.7 Å². The Hall–Kier alpha value is 0.920. The van der Waals surface area contributed by atoms with Crippen LogP contribution in [0.2, 0.25) is 12.6 Å². The maximum Gasteiger partial charge on any atom is 3.00 e. The third kappa shape index (κ3) is 4.71. The first-order valence-corrected chi connectivity index (χ1v) is 8.83. The molecule has 2 N–H and O–H groups in total. The van der Waals surface area contributed by atoms with Crippen LogP contribution in [0.1, 0.15) is 33.6 Å². The summed E-state index contributed by atoms with van der Waals surface area (Å²) in [6, 6.07) is 1.19. The normalized spacial score (nSPS) is 23.5. The molecule has 1 radical (unpaired) electrons. The minimum atomic E-state index is -1.27. The molecule has 0 saturated carbocycles. The van der Waals surface area contributed by atoms with E-state index in [1.54, 1.807) is 5.20 Å². The number of nitrogens with one attached hydrogen (secondary N) is 1. The molecule has 0 spiro atoms. The molecule has 1 unspecified atom stereocenters. The Morgan fingerprint density at radius 1 is 1.32 bits per heavy atom. The van der Waals surface area contributed by atoms with Crippen molar-refractivity contribution < 1.29 is 56.1 Å². The number of halogens is 2. The molecule has 1 heterocycles. The molecule has 1 fully saturated rings. The first-order valence-electron chi connectivity index (χ1n) is 6.13. The molecule has 2 nitrogen and oxygen atoms in total. The maximum atomic E-state index is 8.93. The van der Waals surface area contributed by atoms with Crippen molar-refractivity contribution in [2.75, 3.05) is 6.61 Å². The second-order valence-electron chi connectivity index (χ2n) is 6.12. The van der Waals surface area contributed by atoms with Gasteiger partial charge in [0.25, 0.3) is 0 Å². The summed E-state index contributed by atoms with van der Waals surface area (Å²) in [6.45, 7) is 9.34. The van der Waals surface area contributed by atoms with Crippen LogP contribution in [0.15, 0.2) is 16.1 Å². The van der Waals surface area contributed by atoms with E-state index in [0.717, 1.165) is 12.8 Å². The summed E-state index contributed by atoms with van der Waals surface area (Å²) in [4.78, 5) is 0. The van der Waals surface area contributed by atoms with Gasteiger partial charge in [0, 0.05) is 12.1 Å². The SMILES string of the molecule is CC(C)(C)NC1=C2C(=[C-]C1)[Si]2(C)CCCO.[Cl-].[Cl-].[Zr+3]. The van der Waals surface area contributed by atoms with E-state index in [1.165, 1.54) is 16.9 Å². The van der Waals surface area contributed by atoms with E-state index in [0.29, 0.717) is 6.61 Å². The molecule has 0 aromatic heterocycles. The number of rotatable bonds is 4. The maximum absolute atomic E-state index is 8.93. The van der Waals surface area contributed by atoms with E-state index < -0.39 is 8.07 Å². The summed E-state index contributed by atoms with van der Waals surface area (Å²) in [5.74, 6) is 0. The van der Waals surface area contributed by atoms with Gasteiger partial charge < -0.3 is 35.2 Å². The fourth-order valence-electron chi connectivity index (χ4n) is 2.69. The van der Waals surface area contributed by atoms with Gasteiger partial charge in [-0.2, -0.15) is 5.20 Å². The van der Waals surface area contributed by atoms with Gasteiger partial charge in [-0.25, -0.2) is 5.20 Å². The molecule has 1 aliphatic heterocycles. The molecule has 19 heavy (non-hydrogen) atoms. The van der Waals surface area contributed by atoms with Crippen molar-refractivity contribution in [3.05, 3.63) is 22.2 Å². The molecule has 0 bridgehead atoms. The molecule has 0 amide bonds. The Morgan fingerprint density at radius 3 is 2.37 bits per heavy atom. The minimum absolute atomic E-state index is 0. The van der Waals surface area contributed by atoms with Crippen LogP contribution in [0.5, 0.6) is 0 Å². The fourth-order valence-corrected chi connectivity index (χ4v) is 7.06. The van der Waals surface area contributed by atoms with Crippen LogP contribution in [0.25, 0.3) is 0 Å². The van der Waals surface area contributed by atoms with Crippen molar-refractivity contribution >= 4 is 8.07 Å². The third-order valence-corrected chi connectivity index (χ3v) is 7.68. The van der Waals surface area contributed by atoms with Gasteiger partial charge in [-0.05, 0) is 35.3 Å². The zero-order chi connectivity index (χ0) is 12.0.